The van der Waals surface area contributed by atoms with Gasteiger partial charge in [-0.15, -0.1) is 0 Å². The van der Waals surface area contributed by atoms with Crippen LogP contribution in [0.1, 0.15) is 24.1 Å². The summed E-state index contributed by atoms with van der Waals surface area (Å²) in [7, 11) is 3.21. The monoisotopic (exact) mass is 450 g/mol. The minimum Gasteiger partial charge on any atom is -0.493 e. The van der Waals surface area contributed by atoms with Crippen LogP contribution in [0.5, 0.6) is 11.5 Å². The molecule has 174 valence electrons. The second-order valence-electron chi connectivity index (χ2n) is 8.28. The number of carbonyl (C=O) groups is 1. The summed E-state index contributed by atoms with van der Waals surface area (Å²) in [5.41, 5.74) is 2.62. The minimum absolute atomic E-state index is 0.0519. The number of carbonyl (C=O) groups excluding carboxylic acids is 1. The molecule has 3 heterocycles. The van der Waals surface area contributed by atoms with Crippen LogP contribution in [-0.4, -0.2) is 43.4 Å². The lowest BCUT2D eigenvalue weighted by atomic mass is 9.81. The van der Waals surface area contributed by atoms with Crippen molar-refractivity contribution in [3.63, 3.8) is 0 Å². The van der Waals surface area contributed by atoms with Crippen LogP contribution in [-0.2, 0) is 17.8 Å². The Balaban J connectivity index is 1.33. The number of nitrogens with one attached hydrogen (secondary N) is 2. The number of hydrogen-bond donors (Lipinski definition) is 2. The van der Waals surface area contributed by atoms with Gasteiger partial charge in [0.1, 0.15) is 5.69 Å². The molecule has 1 aliphatic rings. The molecule has 8 heteroatoms. The number of amides is 1. The van der Waals surface area contributed by atoms with Crippen LogP contribution in [0.15, 0.2) is 53.2 Å². The van der Waals surface area contributed by atoms with Gasteiger partial charge in [-0.1, -0.05) is 17.3 Å². The number of rotatable bonds is 9. The van der Waals surface area contributed by atoms with E-state index in [2.05, 4.69) is 20.8 Å². The quantitative estimate of drug-likeness (QED) is 0.516. The van der Waals surface area contributed by atoms with Crippen molar-refractivity contribution in [1.29, 1.82) is 0 Å². The van der Waals surface area contributed by atoms with Crippen LogP contribution < -0.4 is 20.1 Å². The smallest absolute Gasteiger partial charge is 0.220 e. The highest BCUT2D eigenvalue weighted by atomic mass is 16.5. The Hall–Kier alpha value is -3.39. The van der Waals surface area contributed by atoms with E-state index < -0.39 is 0 Å². The highest BCUT2D eigenvalue weighted by Gasteiger charge is 2.28. The molecule has 1 fully saturated rings. The maximum Gasteiger partial charge on any atom is 0.220 e. The standard InChI is InChI=1S/C25H30N4O4/c1-31-22-7-6-17(11-24(22)32-2)15-28-25(30)13-18-8-10-26-16-19(18)12-20-14-23(33-29-20)21-5-3-4-9-27-21/h3-7,9,11,14,18-19,26H,8,10,12-13,15-16H2,1-2H3,(H,28,30)/t18-,19+/m1/s1. The number of ether oxygens (including phenoxy) is 2. The number of nitrogens with zero attached hydrogens (tertiary/aromatic N) is 2. The van der Waals surface area contributed by atoms with Gasteiger partial charge >= 0.3 is 0 Å². The van der Waals surface area contributed by atoms with E-state index in [9.17, 15) is 4.79 Å². The van der Waals surface area contributed by atoms with E-state index in [1.165, 1.54) is 0 Å². The summed E-state index contributed by atoms with van der Waals surface area (Å²) in [6.07, 6.45) is 3.94. The molecule has 3 aromatic rings. The number of aromatic nitrogens is 2. The summed E-state index contributed by atoms with van der Waals surface area (Å²) < 4.78 is 16.1. The Morgan fingerprint density at radius 2 is 2.03 bits per heavy atom. The summed E-state index contributed by atoms with van der Waals surface area (Å²) in [6, 6.07) is 13.3. The van der Waals surface area contributed by atoms with Crippen LogP contribution in [0.2, 0.25) is 0 Å². The first-order chi connectivity index (χ1) is 16.2. The molecular weight excluding hydrogens is 420 g/mol. The highest BCUT2D eigenvalue weighted by Crippen LogP contribution is 2.29. The Labute approximate surface area is 193 Å². The Bertz CT molecular complexity index is 1050. The van der Waals surface area contributed by atoms with Gasteiger partial charge in [-0.3, -0.25) is 9.78 Å². The summed E-state index contributed by atoms with van der Waals surface area (Å²) in [4.78, 5) is 17.0. The zero-order chi connectivity index (χ0) is 23.0. The lowest BCUT2D eigenvalue weighted by molar-refractivity contribution is -0.122. The van der Waals surface area contributed by atoms with Gasteiger partial charge in [0.2, 0.25) is 5.91 Å². The fourth-order valence-corrected chi connectivity index (χ4v) is 4.29. The molecular formula is C25H30N4O4. The van der Waals surface area contributed by atoms with Gasteiger partial charge < -0.3 is 24.6 Å². The Kier molecular flexibility index (Phi) is 7.57. The molecule has 1 saturated heterocycles. The number of benzene rings is 1. The Morgan fingerprint density at radius 1 is 1.15 bits per heavy atom. The van der Waals surface area contributed by atoms with Crippen molar-refractivity contribution in [3.8, 4) is 23.0 Å². The summed E-state index contributed by atoms with van der Waals surface area (Å²) >= 11 is 0. The normalized spacial score (nSPS) is 18.0. The molecule has 0 saturated carbocycles. The summed E-state index contributed by atoms with van der Waals surface area (Å²) in [6.45, 7) is 2.23. The van der Waals surface area contributed by atoms with E-state index in [0.717, 1.165) is 42.9 Å². The molecule has 0 bridgehead atoms. The zero-order valence-corrected chi connectivity index (χ0v) is 19.0. The minimum atomic E-state index is 0.0519. The van der Waals surface area contributed by atoms with E-state index in [-0.39, 0.29) is 11.8 Å². The van der Waals surface area contributed by atoms with Gasteiger partial charge in [0.25, 0.3) is 0 Å². The zero-order valence-electron chi connectivity index (χ0n) is 19.0. The van der Waals surface area contributed by atoms with Gasteiger partial charge in [0.15, 0.2) is 17.3 Å². The number of pyridine rings is 1. The summed E-state index contributed by atoms with van der Waals surface area (Å²) in [5, 5.41) is 10.7. The van der Waals surface area contributed by atoms with E-state index >= 15 is 0 Å². The molecule has 2 aromatic heterocycles. The van der Waals surface area contributed by atoms with Crippen molar-refractivity contribution < 1.29 is 18.8 Å². The van der Waals surface area contributed by atoms with Crippen molar-refractivity contribution in [2.75, 3.05) is 27.3 Å². The van der Waals surface area contributed by atoms with Crippen molar-refractivity contribution in [3.05, 3.63) is 59.9 Å². The molecule has 4 rings (SSSR count). The van der Waals surface area contributed by atoms with Crippen molar-refractivity contribution in [1.82, 2.24) is 20.8 Å². The van der Waals surface area contributed by atoms with Crippen molar-refractivity contribution >= 4 is 5.91 Å². The van der Waals surface area contributed by atoms with Gasteiger partial charge in [-0.05, 0) is 67.6 Å². The maximum absolute atomic E-state index is 12.7. The van der Waals surface area contributed by atoms with Crippen molar-refractivity contribution in [2.45, 2.75) is 25.8 Å². The van der Waals surface area contributed by atoms with Crippen LogP contribution >= 0.6 is 0 Å². The van der Waals surface area contributed by atoms with E-state index in [0.29, 0.717) is 36.1 Å². The van der Waals surface area contributed by atoms with Crippen LogP contribution in [0, 0.1) is 11.8 Å². The Morgan fingerprint density at radius 3 is 2.82 bits per heavy atom. The molecule has 1 amide bonds. The molecule has 2 atom stereocenters. The second kappa shape index (κ2) is 11.0. The van der Waals surface area contributed by atoms with Gasteiger partial charge in [0, 0.05) is 25.2 Å². The molecule has 2 N–H and O–H groups in total. The van der Waals surface area contributed by atoms with Crippen molar-refractivity contribution in [2.24, 2.45) is 11.8 Å². The number of piperidine rings is 1. The third kappa shape index (κ3) is 5.90. The predicted octanol–water partition coefficient (Wildman–Crippen LogP) is 3.23. The predicted molar refractivity (Wildman–Crippen MR) is 124 cm³/mol. The second-order valence-corrected chi connectivity index (χ2v) is 8.28. The fraction of sp³-hybridized carbons (Fsp3) is 0.400. The third-order valence-corrected chi connectivity index (χ3v) is 6.10. The van der Waals surface area contributed by atoms with Gasteiger partial charge in [-0.25, -0.2) is 0 Å². The van der Waals surface area contributed by atoms with Gasteiger partial charge in [0.05, 0.1) is 19.9 Å². The first-order valence-corrected chi connectivity index (χ1v) is 11.2. The van der Waals surface area contributed by atoms with Gasteiger partial charge in [-0.2, -0.15) is 0 Å². The average Bonchev–Trinajstić information content (AvgIpc) is 3.33. The third-order valence-electron chi connectivity index (χ3n) is 6.10. The van der Waals surface area contributed by atoms with Crippen LogP contribution in [0.3, 0.4) is 0 Å². The summed E-state index contributed by atoms with van der Waals surface area (Å²) in [5.74, 6) is 2.64. The number of methoxy groups -OCH3 is 2. The van der Waals surface area contributed by atoms with E-state index in [1.54, 1.807) is 20.4 Å². The first kappa shape index (κ1) is 22.8. The molecule has 1 aliphatic heterocycles. The van der Waals surface area contributed by atoms with Crippen LogP contribution in [0.4, 0.5) is 0 Å². The molecule has 0 spiro atoms. The lowest BCUT2D eigenvalue weighted by Crippen LogP contribution is -2.40. The maximum atomic E-state index is 12.7. The fourth-order valence-electron chi connectivity index (χ4n) is 4.29. The average molecular weight is 451 g/mol. The molecule has 0 unspecified atom stereocenters. The lowest BCUT2D eigenvalue weighted by Gasteiger charge is -2.31. The van der Waals surface area contributed by atoms with Crippen LogP contribution in [0.25, 0.3) is 11.5 Å². The SMILES string of the molecule is COc1ccc(CNC(=O)C[C@H]2CCNC[C@@H]2Cc2cc(-c3ccccn3)on2)cc1OC. The topological polar surface area (TPSA) is 98.5 Å². The van der Waals surface area contributed by atoms with E-state index in [1.807, 2.05) is 42.5 Å². The molecule has 8 nitrogen and oxygen atoms in total. The molecule has 33 heavy (non-hydrogen) atoms. The molecule has 1 aromatic carbocycles. The van der Waals surface area contributed by atoms with E-state index in [4.69, 9.17) is 14.0 Å². The highest BCUT2D eigenvalue weighted by molar-refractivity contribution is 5.76. The first-order valence-electron chi connectivity index (χ1n) is 11.2. The molecule has 0 radical (unpaired) electrons. The largest absolute Gasteiger partial charge is 0.493 e. The number of hydrogen-bond acceptors (Lipinski definition) is 7. The molecule has 0 aliphatic carbocycles.